The third kappa shape index (κ3) is 4.70. The number of H-pyrrole nitrogens is 1. The van der Waals surface area contributed by atoms with Gasteiger partial charge in [0.25, 0.3) is 0 Å². The zero-order valence-electron chi connectivity index (χ0n) is 22.3. The quantitative estimate of drug-likeness (QED) is 0.202. The van der Waals surface area contributed by atoms with Crippen LogP contribution in [0.2, 0.25) is 0 Å². The first-order valence-electron chi connectivity index (χ1n) is 13.4. The number of aromatic nitrogens is 1. The molecule has 0 bridgehead atoms. The minimum Gasteiger partial charge on any atom is -0.674 e. The van der Waals surface area contributed by atoms with E-state index in [9.17, 15) is 0 Å². The number of aromatic amines is 1. The van der Waals surface area contributed by atoms with Crippen LogP contribution in [-0.4, -0.2) is 15.3 Å². The molecule has 1 aromatic heterocycles. The topological polar surface area (TPSA) is 46.6 Å². The van der Waals surface area contributed by atoms with Crippen molar-refractivity contribution >= 4 is 72.1 Å². The van der Waals surface area contributed by atoms with Crippen molar-refractivity contribution < 1.29 is 9.31 Å². The van der Waals surface area contributed by atoms with Crippen LogP contribution in [-0.2, 0) is 22.2 Å². The van der Waals surface area contributed by atoms with Crippen molar-refractivity contribution in [3.63, 3.8) is 0 Å². The van der Waals surface area contributed by atoms with Gasteiger partial charge < -0.3 is 14.3 Å². The normalized spacial score (nSPS) is 18.7. The van der Waals surface area contributed by atoms with E-state index in [-0.39, 0.29) is 0 Å². The van der Waals surface area contributed by atoms with Gasteiger partial charge in [0, 0.05) is 6.08 Å². The van der Waals surface area contributed by atoms with Gasteiger partial charge in [0.15, 0.2) is 0 Å². The van der Waals surface area contributed by atoms with Crippen LogP contribution in [0.5, 0.6) is 0 Å². The van der Waals surface area contributed by atoms with Crippen LogP contribution in [0.1, 0.15) is 57.4 Å². The number of hydrogen-bond donors (Lipinski definition) is 1. The average Bonchev–Trinajstić information content (AvgIpc) is 3.48. The van der Waals surface area contributed by atoms with Crippen molar-refractivity contribution in [1.82, 2.24) is 4.98 Å². The van der Waals surface area contributed by atoms with Crippen LogP contribution in [0, 0.1) is 3.70 Å². The molecule has 3 aromatic rings. The summed E-state index contributed by atoms with van der Waals surface area (Å²) in [5, 5.41) is 0. The highest BCUT2D eigenvalue weighted by atomic mass is 127. The highest BCUT2D eigenvalue weighted by Gasteiger charge is 2.41. The Kier molecular flexibility index (Phi) is 8.23. The highest BCUT2D eigenvalue weighted by molar-refractivity contribution is 14.1. The molecule has 0 spiro atoms. The Labute approximate surface area is 253 Å². The van der Waals surface area contributed by atoms with E-state index in [0.29, 0.717) is 0 Å². The molecule has 38 heavy (non-hydrogen) atoms. The van der Waals surface area contributed by atoms with Gasteiger partial charge in [-0.3, -0.25) is 0 Å². The van der Waals surface area contributed by atoms with Gasteiger partial charge in [-0.1, -0.05) is 88.4 Å². The van der Waals surface area contributed by atoms with Crippen molar-refractivity contribution in [2.45, 2.75) is 53.4 Å². The number of benzene rings is 2. The highest BCUT2D eigenvalue weighted by Crippen LogP contribution is 2.40. The molecular weight excluding hydrogens is 697 g/mol. The van der Waals surface area contributed by atoms with Crippen LogP contribution in [0.3, 0.4) is 0 Å². The molecule has 0 atom stereocenters. The monoisotopic (exact) mass is 729 g/mol. The van der Waals surface area contributed by atoms with Gasteiger partial charge in [-0.2, -0.15) is 0 Å². The molecule has 3 heterocycles. The maximum absolute atomic E-state index is 7.09. The fourth-order valence-corrected chi connectivity index (χ4v) is 7.58. The van der Waals surface area contributed by atoms with Crippen molar-refractivity contribution in [2.75, 3.05) is 0 Å². The van der Waals surface area contributed by atoms with Crippen LogP contribution >= 0.6 is 45.2 Å². The average molecular weight is 729 g/mol. The Morgan fingerprint density at radius 2 is 1.32 bits per heavy atom. The van der Waals surface area contributed by atoms with Crippen LogP contribution in [0.4, 0.5) is 0 Å². The number of allylic oxidation sites excluding steroid dienone is 3. The largest absolute Gasteiger partial charge is 0.674 e. The zero-order chi connectivity index (χ0) is 26.9. The zero-order valence-corrected chi connectivity index (χ0v) is 26.6. The minimum absolute atomic E-state index is 0.762. The molecule has 196 valence electrons. The summed E-state index contributed by atoms with van der Waals surface area (Å²) in [6, 6.07) is 20.7. The Bertz CT molecular complexity index is 1430. The molecule has 7 heteroatoms. The minimum atomic E-state index is -2.09. The molecule has 0 saturated carbocycles. The summed E-state index contributed by atoms with van der Waals surface area (Å²) in [7, 11) is 0. The summed E-state index contributed by atoms with van der Waals surface area (Å²) in [5.41, 5.74) is 9.13. The van der Waals surface area contributed by atoms with Crippen molar-refractivity contribution in [3.05, 3.63) is 110 Å². The van der Waals surface area contributed by atoms with E-state index in [1.165, 1.54) is 22.3 Å². The summed E-state index contributed by atoms with van der Waals surface area (Å²) in [4.78, 5) is 8.73. The molecule has 0 unspecified atom stereocenters. The second kappa shape index (κ2) is 11.5. The second-order valence-corrected chi connectivity index (χ2v) is 11.6. The molecule has 0 aliphatic carbocycles. The summed E-state index contributed by atoms with van der Waals surface area (Å²) in [6.07, 6.45) is 5.77. The number of rotatable bonds is 7. The first kappa shape index (κ1) is 27.3. The maximum Gasteiger partial charge on any atom is 0.406 e. The van der Waals surface area contributed by atoms with Crippen LogP contribution in [0.15, 0.2) is 94.3 Å². The van der Waals surface area contributed by atoms with E-state index < -0.39 is 6.55 Å². The third-order valence-corrected chi connectivity index (χ3v) is 9.31. The fourth-order valence-electron chi connectivity index (χ4n) is 5.66. The standard InChI is InChI=1S/C31H32BI2N2O2/c1-5-22-24(7-3)30(33)35-28(22)26-19-27(29-23(6-2)25(8-4)31(34)36-29)38-32(37-26,20-15-11-9-12-16-20)21-17-13-10-14-18-21/h9-19,35H,5-8H2,1-4H3/q-1/b29-27-. The molecule has 2 aliphatic rings. The summed E-state index contributed by atoms with van der Waals surface area (Å²) >= 11 is 4.78. The molecule has 2 aliphatic heterocycles. The van der Waals surface area contributed by atoms with Gasteiger partial charge in [0.1, 0.15) is 15.2 Å². The Morgan fingerprint density at radius 3 is 1.84 bits per heavy atom. The van der Waals surface area contributed by atoms with E-state index in [2.05, 4.69) is 108 Å². The lowest BCUT2D eigenvalue weighted by Gasteiger charge is -2.48. The summed E-state index contributed by atoms with van der Waals surface area (Å²) in [6.45, 7) is 6.73. The summed E-state index contributed by atoms with van der Waals surface area (Å²) < 4.78 is 16.4. The molecule has 1 N–H and O–H groups in total. The SMILES string of the molecule is CCC1=C(CC)/C(=C2\C=C(c3[nH]c(I)c(CC)c3CC)O[B-](c3ccccc3)(c3ccccc3)O2)N=C1I. The predicted octanol–water partition coefficient (Wildman–Crippen LogP) is 7.56. The van der Waals surface area contributed by atoms with Crippen LogP contribution < -0.4 is 10.9 Å². The first-order valence-corrected chi connectivity index (χ1v) is 15.6. The molecular formula is C31H32BI2N2O2-. The molecule has 0 saturated heterocycles. The van der Waals surface area contributed by atoms with Gasteiger partial charge in [-0.05, 0) is 93.1 Å². The third-order valence-electron chi connectivity index (χ3n) is 7.49. The Morgan fingerprint density at radius 1 is 0.737 bits per heavy atom. The van der Waals surface area contributed by atoms with Gasteiger partial charge in [-0.25, -0.2) is 4.99 Å². The molecule has 0 radical (unpaired) electrons. The predicted molar refractivity (Wildman–Crippen MR) is 176 cm³/mol. The first-order chi connectivity index (χ1) is 18.5. The lowest BCUT2D eigenvalue weighted by atomic mass is 9.45. The van der Waals surface area contributed by atoms with E-state index in [0.717, 1.165) is 66.9 Å². The number of nitrogens with one attached hydrogen (secondary N) is 1. The number of hydrogen-bond acceptors (Lipinski definition) is 3. The molecule has 2 aromatic carbocycles. The second-order valence-electron chi connectivity index (χ2n) is 9.54. The molecule has 0 amide bonds. The van der Waals surface area contributed by atoms with Crippen molar-refractivity contribution in [1.29, 1.82) is 0 Å². The van der Waals surface area contributed by atoms with Crippen molar-refractivity contribution in [2.24, 2.45) is 4.99 Å². The Balaban J connectivity index is 1.83. The van der Waals surface area contributed by atoms with Gasteiger partial charge >= 0.3 is 6.55 Å². The summed E-state index contributed by atoms with van der Waals surface area (Å²) in [5.74, 6) is 1.56. The smallest absolute Gasteiger partial charge is 0.406 e. The van der Waals surface area contributed by atoms with Crippen molar-refractivity contribution in [3.8, 4) is 0 Å². The van der Waals surface area contributed by atoms with E-state index in [4.69, 9.17) is 14.3 Å². The lowest BCUT2D eigenvalue weighted by Crippen LogP contribution is -2.63. The molecule has 0 fully saturated rings. The van der Waals surface area contributed by atoms with E-state index in [1.807, 2.05) is 36.4 Å². The van der Waals surface area contributed by atoms with E-state index >= 15 is 0 Å². The number of aliphatic imine (C=N–C) groups is 1. The fraction of sp³-hybridized carbons (Fsp3) is 0.258. The Hall–Kier alpha value is -2.27. The molecule has 5 rings (SSSR count). The number of halogens is 2. The van der Waals surface area contributed by atoms with Crippen LogP contribution in [0.25, 0.3) is 5.76 Å². The van der Waals surface area contributed by atoms with Gasteiger partial charge in [-0.15, -0.1) is 10.9 Å². The van der Waals surface area contributed by atoms with Gasteiger partial charge in [0.05, 0.1) is 15.2 Å². The van der Waals surface area contributed by atoms with E-state index in [1.54, 1.807) is 0 Å². The van der Waals surface area contributed by atoms with Gasteiger partial charge in [0.2, 0.25) is 0 Å². The lowest BCUT2D eigenvalue weighted by molar-refractivity contribution is 0.310. The molecule has 4 nitrogen and oxygen atoms in total. The number of nitrogens with zero attached hydrogens (tertiary/aromatic N) is 1. The maximum atomic E-state index is 7.09.